The number of aromatic nitrogens is 1. The fourth-order valence-corrected chi connectivity index (χ4v) is 4.84. The smallest absolute Gasteiger partial charge is 0.322 e. The third-order valence-electron chi connectivity index (χ3n) is 5.36. The number of nitrogens with one attached hydrogen (secondary N) is 2. The van der Waals surface area contributed by atoms with E-state index in [1.54, 1.807) is 6.07 Å². The maximum atomic E-state index is 13.9. The van der Waals surface area contributed by atoms with E-state index in [2.05, 4.69) is 9.71 Å². The van der Waals surface area contributed by atoms with Crippen LogP contribution in [0.25, 0.3) is 10.9 Å². The van der Waals surface area contributed by atoms with Gasteiger partial charge >= 0.3 is 6.18 Å². The summed E-state index contributed by atoms with van der Waals surface area (Å²) in [5, 5.41) is -0.0407. The molecule has 0 saturated heterocycles. The number of hydrogen-bond donors (Lipinski definition) is 2. The molecule has 0 aliphatic heterocycles. The van der Waals surface area contributed by atoms with Gasteiger partial charge in [-0.25, -0.2) is 17.5 Å². The van der Waals surface area contributed by atoms with Crippen LogP contribution in [0.5, 0.6) is 0 Å². The van der Waals surface area contributed by atoms with Crippen molar-refractivity contribution in [1.29, 1.82) is 0 Å². The van der Waals surface area contributed by atoms with Crippen molar-refractivity contribution in [1.82, 2.24) is 9.71 Å². The number of alkyl halides is 3. The summed E-state index contributed by atoms with van der Waals surface area (Å²) in [7, 11) is -3.97. The Bertz CT molecular complexity index is 1550. The number of halogens is 5. The first-order valence-electron chi connectivity index (χ1n) is 10.2. The monoisotopic (exact) mass is 524 g/mol. The lowest BCUT2D eigenvalue weighted by Crippen LogP contribution is -2.24. The second-order valence-electron chi connectivity index (χ2n) is 7.77. The summed E-state index contributed by atoms with van der Waals surface area (Å²) in [5.41, 5.74) is -0.599. The maximum Gasteiger partial charge on any atom is 0.417 e. The Kier molecular flexibility index (Phi) is 6.72. The summed E-state index contributed by atoms with van der Waals surface area (Å²) in [5.74, 6) is -0.635. The van der Waals surface area contributed by atoms with E-state index in [4.69, 9.17) is 11.6 Å². The Morgan fingerprint density at radius 3 is 2.29 bits per heavy atom. The van der Waals surface area contributed by atoms with Crippen LogP contribution >= 0.6 is 11.6 Å². The fraction of sp³-hybridized carbons (Fsp3) is 0.125. The molecule has 0 saturated carbocycles. The molecule has 0 aliphatic rings. The van der Waals surface area contributed by atoms with Crippen molar-refractivity contribution in [3.05, 3.63) is 110 Å². The molecule has 0 bridgehead atoms. The lowest BCUT2D eigenvalue weighted by Gasteiger charge is -2.12. The lowest BCUT2D eigenvalue weighted by molar-refractivity contribution is -0.136. The van der Waals surface area contributed by atoms with E-state index in [0.717, 1.165) is 0 Å². The van der Waals surface area contributed by atoms with Crippen molar-refractivity contribution in [3.8, 4) is 0 Å². The molecule has 11 heteroatoms. The van der Waals surface area contributed by atoms with Gasteiger partial charge in [0, 0.05) is 34.1 Å². The first-order valence-corrected chi connectivity index (χ1v) is 12.0. The molecule has 0 atom stereocenters. The van der Waals surface area contributed by atoms with Crippen molar-refractivity contribution in [2.75, 3.05) is 0 Å². The van der Waals surface area contributed by atoms with Crippen LogP contribution in [0.4, 0.5) is 17.6 Å². The number of pyridine rings is 1. The fourth-order valence-electron chi connectivity index (χ4n) is 3.62. The first kappa shape index (κ1) is 24.9. The van der Waals surface area contributed by atoms with E-state index >= 15 is 0 Å². The minimum Gasteiger partial charge on any atom is -0.322 e. The van der Waals surface area contributed by atoms with Gasteiger partial charge in [-0.15, -0.1) is 0 Å². The quantitative estimate of drug-likeness (QED) is 0.331. The number of sulfonamides is 1. The van der Waals surface area contributed by atoms with Crippen molar-refractivity contribution in [2.24, 2.45) is 0 Å². The highest BCUT2D eigenvalue weighted by Crippen LogP contribution is 2.33. The van der Waals surface area contributed by atoms with Crippen LogP contribution in [-0.2, 0) is 29.2 Å². The molecule has 0 radical (unpaired) electrons. The summed E-state index contributed by atoms with van der Waals surface area (Å²) >= 11 is 5.93. The molecule has 0 amide bonds. The minimum absolute atomic E-state index is 0.0187. The van der Waals surface area contributed by atoms with Gasteiger partial charge in [-0.2, -0.15) is 13.2 Å². The zero-order chi connectivity index (χ0) is 25.4. The number of aromatic amines is 1. The van der Waals surface area contributed by atoms with Crippen molar-refractivity contribution in [2.45, 2.75) is 24.0 Å². The molecule has 1 heterocycles. The number of H-pyrrole nitrogens is 1. The van der Waals surface area contributed by atoms with E-state index in [-0.39, 0.29) is 39.4 Å². The molecule has 182 valence electrons. The standard InChI is InChI=1S/C24H17ClF4N2O3S/c25-20-2-1-3-21(26)18(20)13-30-35(33,34)16-7-4-14(5-8-16)10-15-6-9-22-17(11-15)19(24(27,28)29)12-23(32)31-22/h1-9,11-12,30H,10,13H2,(H,31,32). The molecular formula is C24H17ClF4N2O3S. The number of benzene rings is 3. The number of fused-ring (bicyclic) bond motifs is 1. The van der Waals surface area contributed by atoms with Gasteiger partial charge in [0.05, 0.1) is 10.5 Å². The van der Waals surface area contributed by atoms with Gasteiger partial charge in [-0.3, -0.25) is 4.79 Å². The first-order chi connectivity index (χ1) is 16.4. The van der Waals surface area contributed by atoms with Crippen LogP contribution < -0.4 is 10.3 Å². The Labute approximate surface area is 202 Å². The van der Waals surface area contributed by atoms with Crippen LogP contribution in [0.1, 0.15) is 22.3 Å². The normalized spacial score (nSPS) is 12.3. The van der Waals surface area contributed by atoms with Crippen molar-refractivity contribution < 1.29 is 26.0 Å². The molecular weight excluding hydrogens is 508 g/mol. The van der Waals surface area contributed by atoms with E-state index in [0.29, 0.717) is 17.2 Å². The van der Waals surface area contributed by atoms with Gasteiger partial charge in [0.2, 0.25) is 15.6 Å². The Morgan fingerprint density at radius 2 is 1.63 bits per heavy atom. The van der Waals surface area contributed by atoms with Gasteiger partial charge in [0.25, 0.3) is 0 Å². The van der Waals surface area contributed by atoms with Gasteiger partial charge in [0.15, 0.2) is 0 Å². The zero-order valence-electron chi connectivity index (χ0n) is 17.8. The van der Waals surface area contributed by atoms with Crippen LogP contribution in [0, 0.1) is 5.82 Å². The minimum atomic E-state index is -4.69. The largest absolute Gasteiger partial charge is 0.417 e. The highest BCUT2D eigenvalue weighted by molar-refractivity contribution is 7.89. The SMILES string of the molecule is O=c1cc(C(F)(F)F)c2cc(Cc3ccc(S(=O)(=O)NCc4c(F)cccc4Cl)cc3)ccc2[nH]1. The van der Waals surface area contributed by atoms with Crippen molar-refractivity contribution in [3.63, 3.8) is 0 Å². The lowest BCUT2D eigenvalue weighted by atomic mass is 10.0. The maximum absolute atomic E-state index is 13.9. The summed E-state index contributed by atoms with van der Waals surface area (Å²) in [6.07, 6.45) is -4.47. The molecule has 0 unspecified atom stereocenters. The van der Waals surface area contributed by atoms with Crippen LogP contribution in [0.15, 0.2) is 76.4 Å². The molecule has 4 aromatic rings. The molecule has 1 aromatic heterocycles. The van der Waals surface area contributed by atoms with E-state index in [1.165, 1.54) is 54.6 Å². The topological polar surface area (TPSA) is 79.0 Å². The predicted molar refractivity (Wildman–Crippen MR) is 124 cm³/mol. The third-order valence-corrected chi connectivity index (χ3v) is 7.13. The Morgan fingerprint density at radius 1 is 0.943 bits per heavy atom. The average molecular weight is 525 g/mol. The molecule has 3 aromatic carbocycles. The van der Waals surface area contributed by atoms with Crippen LogP contribution in [0.3, 0.4) is 0 Å². The Balaban J connectivity index is 1.54. The molecule has 5 nitrogen and oxygen atoms in total. The van der Waals surface area contributed by atoms with Gasteiger partial charge in [-0.05, 0) is 53.9 Å². The highest BCUT2D eigenvalue weighted by atomic mass is 35.5. The summed E-state index contributed by atoms with van der Waals surface area (Å²) in [6, 6.07) is 14.6. The summed E-state index contributed by atoms with van der Waals surface area (Å²) < 4.78 is 81.5. The van der Waals surface area contributed by atoms with Crippen LogP contribution in [-0.4, -0.2) is 13.4 Å². The molecule has 2 N–H and O–H groups in total. The van der Waals surface area contributed by atoms with Gasteiger partial charge < -0.3 is 4.98 Å². The Hall–Kier alpha value is -3.21. The molecule has 4 rings (SSSR count). The average Bonchev–Trinajstić information content (AvgIpc) is 2.78. The molecule has 35 heavy (non-hydrogen) atoms. The highest BCUT2D eigenvalue weighted by Gasteiger charge is 2.33. The number of rotatable bonds is 6. The molecule has 0 fully saturated rings. The third kappa shape index (κ3) is 5.55. The van der Waals surface area contributed by atoms with Gasteiger partial charge in [-0.1, -0.05) is 35.9 Å². The van der Waals surface area contributed by atoms with Crippen LogP contribution in [0.2, 0.25) is 5.02 Å². The second kappa shape index (κ2) is 9.44. The number of hydrogen-bond acceptors (Lipinski definition) is 3. The second-order valence-corrected chi connectivity index (χ2v) is 9.94. The van der Waals surface area contributed by atoms with E-state index in [1.807, 2.05) is 0 Å². The van der Waals surface area contributed by atoms with E-state index in [9.17, 15) is 30.8 Å². The predicted octanol–water partition coefficient (Wildman–Crippen LogP) is 5.41. The molecule has 0 spiro atoms. The van der Waals surface area contributed by atoms with Gasteiger partial charge in [0.1, 0.15) is 5.82 Å². The van der Waals surface area contributed by atoms with Crippen molar-refractivity contribution >= 4 is 32.5 Å². The molecule has 0 aliphatic carbocycles. The summed E-state index contributed by atoms with van der Waals surface area (Å²) in [4.78, 5) is 13.9. The summed E-state index contributed by atoms with van der Waals surface area (Å²) in [6.45, 7) is -0.337. The van der Waals surface area contributed by atoms with E-state index < -0.39 is 33.1 Å². The zero-order valence-corrected chi connectivity index (χ0v) is 19.4.